The first-order chi connectivity index (χ1) is 12.9. The van der Waals surface area contributed by atoms with Crippen LogP contribution in [0.4, 0.5) is 0 Å². The number of aryl methyl sites for hydroxylation is 1. The number of methoxy groups -OCH3 is 2. The molecule has 5 nitrogen and oxygen atoms in total. The Balaban J connectivity index is 2.10. The van der Waals surface area contributed by atoms with Crippen LogP contribution in [0.5, 0.6) is 11.5 Å². The lowest BCUT2D eigenvalue weighted by Gasteiger charge is -2.37. The van der Waals surface area contributed by atoms with Gasteiger partial charge in [0.15, 0.2) is 11.5 Å². The predicted octanol–water partition coefficient (Wildman–Crippen LogP) is 3.80. The summed E-state index contributed by atoms with van der Waals surface area (Å²) in [5.74, 6) is 1.28. The summed E-state index contributed by atoms with van der Waals surface area (Å²) < 4.78 is 38.9. The second-order valence-electron chi connectivity index (χ2n) is 6.65. The third kappa shape index (κ3) is 4.25. The van der Waals surface area contributed by atoms with E-state index >= 15 is 0 Å². The Kier molecular flexibility index (Phi) is 6.32. The highest BCUT2D eigenvalue weighted by Crippen LogP contribution is 2.46. The maximum atomic E-state index is 12.5. The van der Waals surface area contributed by atoms with E-state index in [1.807, 2.05) is 24.3 Å². The van der Waals surface area contributed by atoms with Crippen LogP contribution in [-0.2, 0) is 22.9 Å². The number of hydrogen-bond acceptors (Lipinski definition) is 4. The van der Waals surface area contributed by atoms with Crippen LogP contribution in [0.2, 0.25) is 0 Å². The molecular weight excluding hydrogens is 477 g/mol. The number of fused-ring (bicyclic) bond motifs is 1. The van der Waals surface area contributed by atoms with Gasteiger partial charge in [0.25, 0.3) is 0 Å². The van der Waals surface area contributed by atoms with Crippen LogP contribution >= 0.6 is 22.6 Å². The molecule has 1 aliphatic rings. The second kappa shape index (κ2) is 8.36. The summed E-state index contributed by atoms with van der Waals surface area (Å²) >= 11 is 2.30. The lowest BCUT2D eigenvalue weighted by atomic mass is 9.89. The molecule has 0 saturated carbocycles. The molecule has 1 atom stereocenters. The Morgan fingerprint density at radius 1 is 1.19 bits per heavy atom. The Morgan fingerprint density at radius 2 is 1.89 bits per heavy atom. The average Bonchev–Trinajstić information content (AvgIpc) is 2.65. The molecule has 0 saturated heterocycles. The van der Waals surface area contributed by atoms with Gasteiger partial charge in [0, 0.05) is 15.7 Å². The van der Waals surface area contributed by atoms with Gasteiger partial charge in [-0.05, 0) is 59.0 Å². The molecule has 2 aromatic rings. The molecule has 27 heavy (non-hydrogen) atoms. The van der Waals surface area contributed by atoms with Crippen LogP contribution in [-0.4, -0.2) is 39.7 Å². The van der Waals surface area contributed by atoms with Crippen LogP contribution in [0, 0.1) is 3.57 Å². The number of benzene rings is 2. The van der Waals surface area contributed by atoms with E-state index in [0.717, 1.165) is 21.1 Å². The number of sulfonamides is 1. The number of halogens is 1. The molecule has 146 valence electrons. The van der Waals surface area contributed by atoms with Crippen molar-refractivity contribution in [2.75, 3.05) is 27.0 Å². The fourth-order valence-electron chi connectivity index (χ4n) is 3.79. The quantitative estimate of drug-likeness (QED) is 0.566. The second-order valence-corrected chi connectivity index (χ2v) is 9.75. The van der Waals surface area contributed by atoms with Gasteiger partial charge >= 0.3 is 0 Å². The van der Waals surface area contributed by atoms with Gasteiger partial charge in [0.05, 0.1) is 26.5 Å². The van der Waals surface area contributed by atoms with E-state index in [1.165, 1.54) is 11.8 Å². The Labute approximate surface area is 174 Å². The van der Waals surface area contributed by atoms with E-state index < -0.39 is 10.0 Å². The van der Waals surface area contributed by atoms with Gasteiger partial charge in [-0.1, -0.05) is 30.3 Å². The fraction of sp³-hybridized carbons (Fsp3) is 0.400. The number of rotatable bonds is 6. The third-order valence-corrected chi connectivity index (χ3v) is 7.25. The lowest BCUT2D eigenvalue weighted by Crippen LogP contribution is -2.40. The molecule has 0 aromatic heterocycles. The standard InChI is InChI=1S/C20H24INO4S/c1-25-18-13-16(21)15-11-12-22(27(3,23)24)17(19(15)20(18)26-2)10-9-14-7-5-4-6-8-14/h4-8,13,17H,9-12H2,1-3H3. The predicted molar refractivity (Wildman–Crippen MR) is 115 cm³/mol. The zero-order valence-electron chi connectivity index (χ0n) is 15.7. The molecule has 1 aliphatic heterocycles. The summed E-state index contributed by atoms with van der Waals surface area (Å²) in [5, 5.41) is 0. The minimum atomic E-state index is -3.35. The van der Waals surface area contributed by atoms with E-state index in [2.05, 4.69) is 34.7 Å². The average molecular weight is 501 g/mol. The highest BCUT2D eigenvalue weighted by molar-refractivity contribution is 14.1. The topological polar surface area (TPSA) is 55.8 Å². The minimum Gasteiger partial charge on any atom is -0.493 e. The molecule has 3 rings (SSSR count). The highest BCUT2D eigenvalue weighted by atomic mass is 127. The molecule has 7 heteroatoms. The molecule has 0 radical (unpaired) electrons. The van der Waals surface area contributed by atoms with Crippen molar-refractivity contribution < 1.29 is 17.9 Å². The first-order valence-electron chi connectivity index (χ1n) is 8.80. The maximum absolute atomic E-state index is 12.5. The fourth-order valence-corrected chi connectivity index (χ4v) is 5.73. The zero-order chi connectivity index (χ0) is 19.6. The van der Waals surface area contributed by atoms with Crippen molar-refractivity contribution in [2.24, 2.45) is 0 Å². The van der Waals surface area contributed by atoms with Crippen LogP contribution in [0.1, 0.15) is 29.2 Å². The SMILES string of the molecule is COc1cc(I)c2c(c1OC)C(CCc1ccccc1)N(S(C)(=O)=O)CC2. The number of hydrogen-bond donors (Lipinski definition) is 0. The summed E-state index contributed by atoms with van der Waals surface area (Å²) in [4.78, 5) is 0. The van der Waals surface area contributed by atoms with Crippen LogP contribution in [0.15, 0.2) is 36.4 Å². The molecule has 0 bridgehead atoms. The zero-order valence-corrected chi connectivity index (χ0v) is 18.7. The summed E-state index contributed by atoms with van der Waals surface area (Å²) in [5.41, 5.74) is 3.29. The van der Waals surface area contributed by atoms with E-state index in [4.69, 9.17) is 9.47 Å². The van der Waals surface area contributed by atoms with Crippen molar-refractivity contribution in [3.05, 3.63) is 56.7 Å². The van der Waals surface area contributed by atoms with Crippen LogP contribution in [0.3, 0.4) is 0 Å². The van der Waals surface area contributed by atoms with Crippen molar-refractivity contribution in [2.45, 2.75) is 25.3 Å². The van der Waals surface area contributed by atoms with E-state index in [1.54, 1.807) is 18.5 Å². The molecule has 0 spiro atoms. The molecule has 1 heterocycles. The normalized spacial score (nSPS) is 17.4. The Bertz CT molecular complexity index is 915. The van der Waals surface area contributed by atoms with Gasteiger partial charge in [0.2, 0.25) is 10.0 Å². The van der Waals surface area contributed by atoms with Crippen LogP contribution < -0.4 is 9.47 Å². The molecule has 0 amide bonds. The van der Waals surface area contributed by atoms with Crippen molar-refractivity contribution in [1.82, 2.24) is 4.31 Å². The molecule has 2 aromatic carbocycles. The molecule has 0 fully saturated rings. The minimum absolute atomic E-state index is 0.275. The Hall–Kier alpha value is -1.32. The summed E-state index contributed by atoms with van der Waals surface area (Å²) in [6, 6.07) is 11.8. The summed E-state index contributed by atoms with van der Waals surface area (Å²) in [6.45, 7) is 0.483. The largest absolute Gasteiger partial charge is 0.493 e. The van der Waals surface area contributed by atoms with Crippen molar-refractivity contribution in [3.8, 4) is 11.5 Å². The van der Waals surface area contributed by atoms with Crippen molar-refractivity contribution in [1.29, 1.82) is 0 Å². The monoisotopic (exact) mass is 501 g/mol. The maximum Gasteiger partial charge on any atom is 0.211 e. The van der Waals surface area contributed by atoms with E-state index in [-0.39, 0.29) is 6.04 Å². The van der Waals surface area contributed by atoms with Gasteiger partial charge in [-0.15, -0.1) is 0 Å². The first-order valence-corrected chi connectivity index (χ1v) is 11.7. The van der Waals surface area contributed by atoms with Crippen molar-refractivity contribution >= 4 is 32.6 Å². The van der Waals surface area contributed by atoms with Gasteiger partial charge in [-0.25, -0.2) is 8.42 Å². The smallest absolute Gasteiger partial charge is 0.211 e. The lowest BCUT2D eigenvalue weighted by molar-refractivity contribution is 0.277. The first kappa shape index (κ1) is 20.4. The van der Waals surface area contributed by atoms with Gasteiger partial charge < -0.3 is 9.47 Å². The molecule has 0 aliphatic carbocycles. The van der Waals surface area contributed by atoms with Crippen LogP contribution in [0.25, 0.3) is 0 Å². The van der Waals surface area contributed by atoms with E-state index in [9.17, 15) is 8.42 Å². The molecule has 0 N–H and O–H groups in total. The van der Waals surface area contributed by atoms with Crippen molar-refractivity contribution in [3.63, 3.8) is 0 Å². The van der Waals surface area contributed by atoms with Gasteiger partial charge in [-0.3, -0.25) is 0 Å². The summed E-state index contributed by atoms with van der Waals surface area (Å²) in [6.07, 6.45) is 3.42. The molecule has 1 unspecified atom stereocenters. The number of nitrogens with zero attached hydrogens (tertiary/aromatic N) is 1. The summed E-state index contributed by atoms with van der Waals surface area (Å²) in [7, 11) is -0.128. The Morgan fingerprint density at radius 3 is 2.48 bits per heavy atom. The van der Waals surface area contributed by atoms with Gasteiger partial charge in [-0.2, -0.15) is 4.31 Å². The number of ether oxygens (including phenoxy) is 2. The van der Waals surface area contributed by atoms with Gasteiger partial charge in [0.1, 0.15) is 0 Å². The van der Waals surface area contributed by atoms with E-state index in [0.29, 0.717) is 30.9 Å². The third-order valence-electron chi connectivity index (χ3n) is 5.00. The highest BCUT2D eigenvalue weighted by Gasteiger charge is 2.37. The molecular formula is C20H24INO4S.